The van der Waals surface area contributed by atoms with Crippen LogP contribution < -0.4 is 5.48 Å². The molecule has 0 radical (unpaired) electrons. The minimum atomic E-state index is -1.42. The molecule has 14 heavy (non-hydrogen) atoms. The molecule has 7 nitrogen and oxygen atoms in total. The van der Waals surface area contributed by atoms with Crippen LogP contribution in [0.15, 0.2) is 18.2 Å². The van der Waals surface area contributed by atoms with E-state index in [1.54, 1.807) is 5.48 Å². The summed E-state index contributed by atoms with van der Waals surface area (Å²) in [5, 5.41) is 27.6. The van der Waals surface area contributed by atoms with Crippen LogP contribution in [-0.2, 0) is 0 Å². The highest BCUT2D eigenvalue weighted by Crippen LogP contribution is 2.27. The molecule has 0 saturated carbocycles. The Balaban J connectivity index is 3.43. The van der Waals surface area contributed by atoms with Gasteiger partial charge in [0.15, 0.2) is 0 Å². The van der Waals surface area contributed by atoms with Crippen molar-refractivity contribution in [2.75, 3.05) is 5.48 Å². The first kappa shape index (κ1) is 9.93. The molecule has 74 valence electrons. The first-order valence-electron chi connectivity index (χ1n) is 3.48. The number of nitro benzene ring substituents is 1. The van der Waals surface area contributed by atoms with Gasteiger partial charge in [-0.05, 0) is 12.1 Å². The summed E-state index contributed by atoms with van der Waals surface area (Å²) in [6, 6.07) is 3.57. The van der Waals surface area contributed by atoms with Crippen LogP contribution in [0, 0.1) is 10.1 Å². The van der Waals surface area contributed by atoms with E-state index in [0.29, 0.717) is 0 Å². The molecule has 3 N–H and O–H groups in total. The van der Waals surface area contributed by atoms with Gasteiger partial charge in [-0.2, -0.15) is 0 Å². The Morgan fingerprint density at radius 1 is 1.50 bits per heavy atom. The number of nitrogens with one attached hydrogen (secondary N) is 1. The second-order valence-corrected chi connectivity index (χ2v) is 2.38. The van der Waals surface area contributed by atoms with E-state index in [9.17, 15) is 14.9 Å². The Morgan fingerprint density at radius 3 is 2.57 bits per heavy atom. The molecule has 1 aromatic rings. The molecule has 1 rings (SSSR count). The van der Waals surface area contributed by atoms with Crippen LogP contribution in [0.1, 0.15) is 10.4 Å². The van der Waals surface area contributed by atoms with Gasteiger partial charge in [-0.1, -0.05) is 6.07 Å². The predicted octanol–water partition coefficient (Wildman–Crippen LogP) is 1.09. The first-order valence-corrected chi connectivity index (χ1v) is 3.48. The topological polar surface area (TPSA) is 113 Å². The molecule has 1 aromatic carbocycles. The van der Waals surface area contributed by atoms with Crippen molar-refractivity contribution in [3.63, 3.8) is 0 Å². The average molecular weight is 198 g/mol. The van der Waals surface area contributed by atoms with Gasteiger partial charge < -0.3 is 5.11 Å². The number of rotatable bonds is 3. The third-order valence-electron chi connectivity index (χ3n) is 1.57. The van der Waals surface area contributed by atoms with E-state index in [1.807, 2.05) is 0 Å². The van der Waals surface area contributed by atoms with E-state index < -0.39 is 22.1 Å². The number of carboxylic acids is 1. The molecule has 0 bridgehead atoms. The Labute approximate surface area is 77.7 Å². The quantitative estimate of drug-likeness (QED) is 0.495. The highest BCUT2D eigenvalue weighted by Gasteiger charge is 2.23. The van der Waals surface area contributed by atoms with E-state index >= 15 is 0 Å². The molecule has 0 aliphatic rings. The van der Waals surface area contributed by atoms with Crippen LogP contribution in [0.3, 0.4) is 0 Å². The number of carboxylic acid groups (broad SMARTS) is 1. The van der Waals surface area contributed by atoms with Gasteiger partial charge in [-0.15, -0.1) is 0 Å². The lowest BCUT2D eigenvalue weighted by molar-refractivity contribution is -0.384. The number of hydrogen-bond donors (Lipinski definition) is 3. The molecule has 7 heteroatoms. The fraction of sp³-hybridized carbons (Fsp3) is 0. The van der Waals surface area contributed by atoms with Crippen molar-refractivity contribution in [2.45, 2.75) is 0 Å². The van der Waals surface area contributed by atoms with Crippen molar-refractivity contribution >= 4 is 17.3 Å². The lowest BCUT2D eigenvalue weighted by Gasteiger charge is -2.02. The lowest BCUT2D eigenvalue weighted by atomic mass is 10.1. The van der Waals surface area contributed by atoms with Crippen molar-refractivity contribution < 1.29 is 20.0 Å². The zero-order valence-corrected chi connectivity index (χ0v) is 6.80. The molecule has 0 aliphatic heterocycles. The van der Waals surface area contributed by atoms with Crippen LogP contribution >= 0.6 is 0 Å². The monoisotopic (exact) mass is 198 g/mol. The van der Waals surface area contributed by atoms with E-state index in [4.69, 9.17) is 10.3 Å². The Bertz CT molecular complexity index is 390. The van der Waals surface area contributed by atoms with E-state index in [2.05, 4.69) is 0 Å². The number of aromatic carboxylic acids is 1. The maximum absolute atomic E-state index is 10.6. The minimum Gasteiger partial charge on any atom is -0.477 e. The minimum absolute atomic E-state index is 0.255. The largest absolute Gasteiger partial charge is 0.477 e. The van der Waals surface area contributed by atoms with E-state index in [-0.39, 0.29) is 5.69 Å². The standard InChI is InChI=1S/C7H6N2O5/c10-7(11)4-2-1-3-5(8-12)6(4)9(13)14/h1-3,8,12H,(H,10,11). The van der Waals surface area contributed by atoms with Crippen molar-refractivity contribution in [1.82, 2.24) is 0 Å². The summed E-state index contributed by atoms with van der Waals surface area (Å²) in [7, 11) is 0. The molecular weight excluding hydrogens is 192 g/mol. The van der Waals surface area contributed by atoms with Gasteiger partial charge >= 0.3 is 11.7 Å². The maximum Gasteiger partial charge on any atom is 0.342 e. The summed E-state index contributed by atoms with van der Waals surface area (Å²) in [5.41, 5.74) is 0.170. The Hall–Kier alpha value is -2.15. The Morgan fingerprint density at radius 2 is 2.14 bits per heavy atom. The summed E-state index contributed by atoms with van der Waals surface area (Å²) in [4.78, 5) is 20.2. The maximum atomic E-state index is 10.6. The van der Waals surface area contributed by atoms with Gasteiger partial charge in [0.05, 0.1) is 4.92 Å². The summed E-state index contributed by atoms with van der Waals surface area (Å²) in [6.07, 6.45) is 0. The molecule has 0 amide bonds. The second kappa shape index (κ2) is 3.71. The number of nitrogens with zero attached hydrogens (tertiary/aromatic N) is 1. The number of hydrogen-bond acceptors (Lipinski definition) is 5. The highest BCUT2D eigenvalue weighted by molar-refractivity contribution is 5.95. The van der Waals surface area contributed by atoms with Crippen LogP contribution in [0.25, 0.3) is 0 Å². The third-order valence-corrected chi connectivity index (χ3v) is 1.57. The predicted molar refractivity (Wildman–Crippen MR) is 45.5 cm³/mol. The number of benzene rings is 1. The zero-order valence-electron chi connectivity index (χ0n) is 6.80. The van der Waals surface area contributed by atoms with Gasteiger partial charge in [0.25, 0.3) is 0 Å². The van der Waals surface area contributed by atoms with Crippen LogP contribution in [0.4, 0.5) is 11.4 Å². The highest BCUT2D eigenvalue weighted by atomic mass is 16.6. The van der Waals surface area contributed by atoms with Crippen LogP contribution in [-0.4, -0.2) is 21.2 Å². The van der Waals surface area contributed by atoms with Crippen LogP contribution in [0.2, 0.25) is 0 Å². The molecule has 0 spiro atoms. The SMILES string of the molecule is O=C(O)c1cccc(NO)c1[N+](=O)[O-]. The normalized spacial score (nSPS) is 9.50. The number of carbonyl (C=O) groups is 1. The molecule has 0 fully saturated rings. The molecule has 0 unspecified atom stereocenters. The van der Waals surface area contributed by atoms with Gasteiger partial charge in [-0.3, -0.25) is 20.8 Å². The molecule has 0 heterocycles. The molecule has 0 atom stereocenters. The molecule has 0 saturated heterocycles. The zero-order chi connectivity index (χ0) is 10.7. The van der Waals surface area contributed by atoms with Crippen molar-refractivity contribution in [1.29, 1.82) is 0 Å². The number of para-hydroxylation sites is 1. The van der Waals surface area contributed by atoms with E-state index in [1.165, 1.54) is 12.1 Å². The van der Waals surface area contributed by atoms with E-state index in [0.717, 1.165) is 6.07 Å². The average Bonchev–Trinajstić information content (AvgIpc) is 2.16. The smallest absolute Gasteiger partial charge is 0.342 e. The Kier molecular flexibility index (Phi) is 2.63. The van der Waals surface area contributed by atoms with Gasteiger partial charge in [0.1, 0.15) is 11.3 Å². The third kappa shape index (κ3) is 1.62. The molecule has 0 aliphatic carbocycles. The van der Waals surface area contributed by atoms with Crippen LogP contribution in [0.5, 0.6) is 0 Å². The molecular formula is C7H6N2O5. The summed E-state index contributed by atoms with van der Waals surface area (Å²) in [5.74, 6) is -1.42. The fourth-order valence-corrected chi connectivity index (χ4v) is 1.00. The summed E-state index contributed by atoms with van der Waals surface area (Å²) < 4.78 is 0. The van der Waals surface area contributed by atoms with Gasteiger partial charge in [-0.25, -0.2) is 4.79 Å². The second-order valence-electron chi connectivity index (χ2n) is 2.38. The summed E-state index contributed by atoms with van der Waals surface area (Å²) >= 11 is 0. The lowest BCUT2D eigenvalue weighted by Crippen LogP contribution is -2.05. The van der Waals surface area contributed by atoms with Crippen molar-refractivity contribution in [2.24, 2.45) is 0 Å². The number of anilines is 1. The fourth-order valence-electron chi connectivity index (χ4n) is 1.00. The number of nitro groups is 1. The summed E-state index contributed by atoms with van der Waals surface area (Å²) in [6.45, 7) is 0. The van der Waals surface area contributed by atoms with Gasteiger partial charge in [0, 0.05) is 0 Å². The van der Waals surface area contributed by atoms with Crippen molar-refractivity contribution in [3.05, 3.63) is 33.9 Å². The molecule has 0 aromatic heterocycles. The van der Waals surface area contributed by atoms with Gasteiger partial charge in [0.2, 0.25) is 0 Å². The first-order chi connectivity index (χ1) is 6.57. The van der Waals surface area contributed by atoms with Crippen molar-refractivity contribution in [3.8, 4) is 0 Å².